The van der Waals surface area contributed by atoms with Gasteiger partial charge in [0.15, 0.2) is 11.5 Å². The molecule has 6 heteroatoms. The average molecular weight is 276 g/mol. The van der Waals surface area contributed by atoms with Crippen LogP contribution in [0.4, 0.5) is 5.69 Å². The molecule has 1 aromatic rings. The van der Waals surface area contributed by atoms with Crippen LogP contribution in [-0.2, 0) is 5.41 Å². The van der Waals surface area contributed by atoms with E-state index in [9.17, 15) is 14.9 Å². The molecule has 1 aliphatic heterocycles. The van der Waals surface area contributed by atoms with Crippen molar-refractivity contribution >= 4 is 17.7 Å². The number of fused-ring (bicyclic) bond motifs is 1. The Morgan fingerprint density at radius 3 is 2.45 bits per heavy atom. The zero-order valence-electron chi connectivity index (χ0n) is 12.1. The van der Waals surface area contributed by atoms with Crippen LogP contribution < -0.4 is 4.84 Å². The summed E-state index contributed by atoms with van der Waals surface area (Å²) in [6.07, 6.45) is 1.54. The molecule has 1 aliphatic rings. The Balaban J connectivity index is 2.98. The van der Waals surface area contributed by atoms with Gasteiger partial charge in [-0.25, -0.2) is 0 Å². The highest BCUT2D eigenvalue weighted by Gasteiger charge is 2.39. The van der Waals surface area contributed by atoms with E-state index in [1.807, 2.05) is 13.8 Å². The topological polar surface area (TPSA) is 81.8 Å². The summed E-state index contributed by atoms with van der Waals surface area (Å²) >= 11 is 0. The van der Waals surface area contributed by atoms with E-state index in [2.05, 4.69) is 5.16 Å². The fraction of sp³-hybridized carbons (Fsp3) is 0.429. The van der Waals surface area contributed by atoms with Gasteiger partial charge in [0.25, 0.3) is 5.69 Å². The summed E-state index contributed by atoms with van der Waals surface area (Å²) in [6.45, 7) is 8.38. The molecule has 0 amide bonds. The van der Waals surface area contributed by atoms with E-state index in [4.69, 9.17) is 4.84 Å². The Bertz CT molecular complexity index is 660. The van der Waals surface area contributed by atoms with E-state index in [0.29, 0.717) is 28.0 Å². The highest BCUT2D eigenvalue weighted by atomic mass is 16.6. The molecule has 0 aromatic heterocycles. The van der Waals surface area contributed by atoms with Crippen molar-refractivity contribution in [3.05, 3.63) is 32.4 Å². The lowest BCUT2D eigenvalue weighted by Gasteiger charge is -2.28. The minimum Gasteiger partial charge on any atom is -0.356 e. The van der Waals surface area contributed by atoms with Crippen molar-refractivity contribution in [1.29, 1.82) is 0 Å². The second-order valence-electron chi connectivity index (χ2n) is 5.54. The van der Waals surface area contributed by atoms with Crippen LogP contribution in [0.2, 0.25) is 0 Å². The van der Waals surface area contributed by atoms with Gasteiger partial charge in [0.1, 0.15) is 0 Å². The van der Waals surface area contributed by atoms with Crippen molar-refractivity contribution in [3.63, 3.8) is 0 Å². The van der Waals surface area contributed by atoms with Crippen molar-refractivity contribution < 1.29 is 14.6 Å². The van der Waals surface area contributed by atoms with Gasteiger partial charge in [0.05, 0.1) is 16.7 Å². The summed E-state index contributed by atoms with van der Waals surface area (Å²) in [4.78, 5) is 28.0. The van der Waals surface area contributed by atoms with Crippen LogP contribution in [0, 0.1) is 24.0 Å². The molecular weight excluding hydrogens is 260 g/mol. The number of rotatable bonds is 2. The maximum atomic E-state index is 11.8. The molecule has 0 radical (unpaired) electrons. The number of hydrogen-bond donors (Lipinski definition) is 0. The van der Waals surface area contributed by atoms with E-state index in [1.54, 1.807) is 13.8 Å². The molecule has 0 aliphatic carbocycles. The normalized spacial score (nSPS) is 15.4. The Morgan fingerprint density at radius 2 is 1.95 bits per heavy atom. The Hall–Kier alpha value is -2.24. The quantitative estimate of drug-likeness (QED) is 0.472. The lowest BCUT2D eigenvalue weighted by atomic mass is 9.79. The van der Waals surface area contributed by atoms with Gasteiger partial charge in [0.2, 0.25) is 0 Å². The first-order chi connectivity index (χ1) is 9.18. The van der Waals surface area contributed by atoms with Crippen molar-refractivity contribution in [2.24, 2.45) is 5.16 Å². The lowest BCUT2D eigenvalue weighted by molar-refractivity contribution is -0.386. The monoisotopic (exact) mass is 276 g/mol. The van der Waals surface area contributed by atoms with E-state index < -0.39 is 10.3 Å². The van der Waals surface area contributed by atoms with E-state index >= 15 is 0 Å². The fourth-order valence-electron chi connectivity index (χ4n) is 2.74. The van der Waals surface area contributed by atoms with Crippen LogP contribution in [0.15, 0.2) is 5.16 Å². The summed E-state index contributed by atoms with van der Waals surface area (Å²) in [5, 5.41) is 15.3. The largest absolute Gasteiger partial charge is 0.356 e. The molecule has 6 nitrogen and oxygen atoms in total. The molecule has 0 N–H and O–H groups in total. The molecule has 0 bridgehead atoms. The number of hydrogen-bond acceptors (Lipinski definition) is 5. The van der Waals surface area contributed by atoms with Gasteiger partial charge in [-0.15, -0.1) is 0 Å². The summed E-state index contributed by atoms with van der Waals surface area (Å²) in [6, 6.07) is 0. The fourth-order valence-corrected chi connectivity index (χ4v) is 2.74. The Kier molecular flexibility index (Phi) is 3.12. The van der Waals surface area contributed by atoms with Crippen molar-refractivity contribution in [3.8, 4) is 5.75 Å². The maximum absolute atomic E-state index is 11.8. The van der Waals surface area contributed by atoms with Crippen molar-refractivity contribution in [1.82, 2.24) is 0 Å². The first-order valence-electron chi connectivity index (χ1n) is 6.23. The molecule has 1 aromatic carbocycles. The van der Waals surface area contributed by atoms with Gasteiger partial charge in [-0.1, -0.05) is 19.0 Å². The summed E-state index contributed by atoms with van der Waals surface area (Å²) in [5.41, 5.74) is 1.10. The van der Waals surface area contributed by atoms with Crippen LogP contribution in [0.5, 0.6) is 5.75 Å². The number of oxime groups is 1. The van der Waals surface area contributed by atoms with Gasteiger partial charge in [-0.2, -0.15) is 0 Å². The third kappa shape index (κ3) is 1.88. The standard InChI is InChI=1S/C14H16N2O4/c1-7-10(9(3)17)8(2)13-11(12(7)16(18)19)14(4,5)6-15-20-13/h6H,1-5H3. The Morgan fingerprint density at radius 1 is 1.35 bits per heavy atom. The SMILES string of the molecule is CC(=O)c1c(C)c2c(c([N+](=O)[O-])c1C)C(C)(C)C=NO2. The highest BCUT2D eigenvalue weighted by molar-refractivity contribution is 6.00. The molecule has 0 unspecified atom stereocenters. The predicted octanol–water partition coefficient (Wildman–Crippen LogP) is 3.07. The van der Waals surface area contributed by atoms with Crippen LogP contribution in [0.1, 0.15) is 47.8 Å². The molecular formula is C14H16N2O4. The molecule has 1 heterocycles. The van der Waals surface area contributed by atoms with E-state index in [-0.39, 0.29) is 11.5 Å². The van der Waals surface area contributed by atoms with Gasteiger partial charge in [0, 0.05) is 22.1 Å². The first kappa shape index (κ1) is 14.2. The number of carbonyl (C=O) groups is 1. The van der Waals surface area contributed by atoms with Crippen LogP contribution >= 0.6 is 0 Å². The minimum atomic E-state index is -0.624. The van der Waals surface area contributed by atoms with Gasteiger partial charge >= 0.3 is 0 Å². The first-order valence-corrected chi connectivity index (χ1v) is 6.23. The molecule has 0 fully saturated rings. The predicted molar refractivity (Wildman–Crippen MR) is 74.7 cm³/mol. The molecule has 0 saturated heterocycles. The molecule has 0 spiro atoms. The number of Topliss-reactive ketones (excluding diaryl/α,β-unsaturated/α-hetero) is 1. The van der Waals surface area contributed by atoms with Gasteiger partial charge < -0.3 is 4.84 Å². The number of carbonyl (C=O) groups excluding carboxylic acids is 1. The van der Waals surface area contributed by atoms with Crippen molar-refractivity contribution in [2.45, 2.75) is 40.0 Å². The number of nitro groups is 1. The van der Waals surface area contributed by atoms with E-state index in [0.717, 1.165) is 0 Å². The number of ketones is 1. The van der Waals surface area contributed by atoms with E-state index in [1.165, 1.54) is 13.1 Å². The van der Waals surface area contributed by atoms with Crippen LogP contribution in [-0.4, -0.2) is 16.9 Å². The average Bonchev–Trinajstić information content (AvgIpc) is 2.29. The summed E-state index contributed by atoms with van der Waals surface area (Å²) in [7, 11) is 0. The molecule has 0 saturated carbocycles. The number of nitrogens with zero attached hydrogens (tertiary/aromatic N) is 2. The van der Waals surface area contributed by atoms with Crippen molar-refractivity contribution in [2.75, 3.05) is 0 Å². The van der Waals surface area contributed by atoms with Crippen LogP contribution in [0.3, 0.4) is 0 Å². The molecule has 20 heavy (non-hydrogen) atoms. The number of nitro benzene ring substituents is 1. The van der Waals surface area contributed by atoms with Crippen LogP contribution in [0.25, 0.3) is 0 Å². The number of benzene rings is 1. The summed E-state index contributed by atoms with van der Waals surface area (Å²) < 4.78 is 0. The van der Waals surface area contributed by atoms with Gasteiger partial charge in [-0.05, 0) is 20.8 Å². The third-order valence-corrected chi connectivity index (χ3v) is 3.61. The smallest absolute Gasteiger partial charge is 0.280 e. The lowest BCUT2D eigenvalue weighted by Crippen LogP contribution is -2.27. The minimum absolute atomic E-state index is 0.0630. The molecule has 106 valence electrons. The zero-order chi connectivity index (χ0) is 15.2. The Labute approximate surface area is 116 Å². The second-order valence-corrected chi connectivity index (χ2v) is 5.54. The molecule has 0 atom stereocenters. The third-order valence-electron chi connectivity index (χ3n) is 3.61. The second kappa shape index (κ2) is 4.40. The maximum Gasteiger partial charge on any atom is 0.280 e. The highest BCUT2D eigenvalue weighted by Crippen LogP contribution is 2.46. The molecule has 2 rings (SSSR count). The summed E-state index contributed by atoms with van der Waals surface area (Å²) in [5.74, 6) is 0.0989. The van der Waals surface area contributed by atoms with Gasteiger partial charge in [-0.3, -0.25) is 14.9 Å². The zero-order valence-corrected chi connectivity index (χ0v) is 12.1.